The Balaban J connectivity index is 2.11. The molecule has 0 radical (unpaired) electrons. The molecule has 1 fully saturated rings. The molecule has 15 heavy (non-hydrogen) atoms. The second-order valence-electron chi connectivity index (χ2n) is 3.56. The monoisotopic (exact) mass is 221 g/mol. The van der Waals surface area contributed by atoms with Crippen LogP contribution in [0.15, 0.2) is 30.3 Å². The summed E-state index contributed by atoms with van der Waals surface area (Å²) < 4.78 is 0. The predicted molar refractivity (Wildman–Crippen MR) is 65.3 cm³/mol. The van der Waals surface area contributed by atoms with Crippen LogP contribution in [0.5, 0.6) is 0 Å². The van der Waals surface area contributed by atoms with E-state index in [2.05, 4.69) is 6.92 Å². The number of hydrogen-bond donors (Lipinski definition) is 0. The third kappa shape index (κ3) is 2.17. The lowest BCUT2D eigenvalue weighted by Gasteiger charge is -2.16. The third-order valence-electron chi connectivity index (χ3n) is 2.59. The molecule has 1 aromatic carbocycles. The van der Waals surface area contributed by atoms with E-state index in [0.29, 0.717) is 0 Å². The van der Waals surface area contributed by atoms with Gasteiger partial charge in [0.25, 0.3) is 0 Å². The molecule has 1 aromatic rings. The normalized spacial score (nSPS) is 21.0. The Morgan fingerprint density at radius 2 is 2.13 bits per heavy atom. The van der Waals surface area contributed by atoms with Crippen molar-refractivity contribution in [1.29, 1.82) is 0 Å². The predicted octanol–water partition coefficient (Wildman–Crippen LogP) is 2.55. The highest BCUT2D eigenvalue weighted by molar-refractivity contribution is 8.00. The Hall–Kier alpha value is -0.960. The molecule has 1 amide bonds. The Labute approximate surface area is 94.7 Å². The Bertz CT molecular complexity index is 339. The molecule has 1 atom stereocenters. The van der Waals surface area contributed by atoms with Gasteiger partial charge in [0.15, 0.2) is 0 Å². The molecule has 0 N–H and O–H groups in total. The summed E-state index contributed by atoms with van der Waals surface area (Å²) in [4.78, 5) is 13.9. The Morgan fingerprint density at radius 3 is 2.80 bits per heavy atom. The summed E-state index contributed by atoms with van der Waals surface area (Å²) in [6, 6.07) is 9.92. The summed E-state index contributed by atoms with van der Waals surface area (Å²) >= 11 is 1.75. The van der Waals surface area contributed by atoms with Crippen molar-refractivity contribution in [3.8, 4) is 0 Å². The van der Waals surface area contributed by atoms with E-state index >= 15 is 0 Å². The van der Waals surface area contributed by atoms with Crippen LogP contribution in [-0.2, 0) is 4.79 Å². The topological polar surface area (TPSA) is 20.3 Å². The molecule has 0 spiro atoms. The van der Waals surface area contributed by atoms with E-state index in [1.165, 1.54) is 0 Å². The minimum absolute atomic E-state index is 0.176. The van der Waals surface area contributed by atoms with E-state index in [4.69, 9.17) is 0 Å². The molecular formula is C12H15NOS. The standard InChI is InChI=1S/C12H15NOS/c1-2-15-11-8-9-13(12(11)14)10-6-4-3-5-7-10/h3-7,11H,2,8-9H2,1H3. The second-order valence-corrected chi connectivity index (χ2v) is 5.04. The third-order valence-corrected chi connectivity index (χ3v) is 3.77. The summed E-state index contributed by atoms with van der Waals surface area (Å²) in [5, 5.41) is 0.176. The lowest BCUT2D eigenvalue weighted by molar-refractivity contribution is -0.116. The quantitative estimate of drug-likeness (QED) is 0.781. The average molecular weight is 221 g/mol. The van der Waals surface area contributed by atoms with Crippen molar-refractivity contribution < 1.29 is 4.79 Å². The first-order valence-corrected chi connectivity index (χ1v) is 6.36. The van der Waals surface area contributed by atoms with Gasteiger partial charge in [-0.3, -0.25) is 4.79 Å². The molecule has 80 valence electrons. The van der Waals surface area contributed by atoms with E-state index in [1.54, 1.807) is 11.8 Å². The van der Waals surface area contributed by atoms with Gasteiger partial charge in [-0.25, -0.2) is 0 Å². The molecule has 2 nitrogen and oxygen atoms in total. The van der Waals surface area contributed by atoms with Gasteiger partial charge < -0.3 is 4.90 Å². The van der Waals surface area contributed by atoms with Crippen molar-refractivity contribution >= 4 is 23.4 Å². The summed E-state index contributed by atoms with van der Waals surface area (Å²) in [5.41, 5.74) is 1.03. The molecule has 0 saturated carbocycles. The average Bonchev–Trinajstić information content (AvgIpc) is 2.63. The van der Waals surface area contributed by atoms with Crippen LogP contribution < -0.4 is 4.90 Å². The number of hydrogen-bond acceptors (Lipinski definition) is 2. The molecule has 1 unspecified atom stereocenters. The zero-order valence-electron chi connectivity index (χ0n) is 8.85. The number of thioether (sulfide) groups is 1. The van der Waals surface area contributed by atoms with Crippen LogP contribution in [0.2, 0.25) is 0 Å². The van der Waals surface area contributed by atoms with Gasteiger partial charge in [-0.2, -0.15) is 0 Å². The minimum atomic E-state index is 0.176. The molecule has 1 heterocycles. The maximum absolute atomic E-state index is 12.0. The maximum atomic E-state index is 12.0. The van der Waals surface area contributed by atoms with Crippen molar-refractivity contribution in [2.45, 2.75) is 18.6 Å². The Morgan fingerprint density at radius 1 is 1.40 bits per heavy atom. The van der Waals surface area contributed by atoms with Gasteiger partial charge in [-0.05, 0) is 24.3 Å². The highest BCUT2D eigenvalue weighted by Gasteiger charge is 2.31. The summed E-state index contributed by atoms with van der Waals surface area (Å²) in [6.45, 7) is 2.96. The molecule has 0 aliphatic carbocycles. The number of rotatable bonds is 3. The SMILES string of the molecule is CCSC1CCN(c2ccccc2)C1=O. The fraction of sp³-hybridized carbons (Fsp3) is 0.417. The highest BCUT2D eigenvalue weighted by atomic mass is 32.2. The number of carbonyl (C=O) groups excluding carboxylic acids is 1. The number of amides is 1. The molecule has 1 saturated heterocycles. The van der Waals surface area contributed by atoms with Crippen molar-refractivity contribution in [2.24, 2.45) is 0 Å². The van der Waals surface area contributed by atoms with Crippen LogP contribution in [0.1, 0.15) is 13.3 Å². The first-order chi connectivity index (χ1) is 7.33. The minimum Gasteiger partial charge on any atom is -0.311 e. The summed E-state index contributed by atoms with van der Waals surface area (Å²) in [6.07, 6.45) is 0.978. The fourth-order valence-corrected chi connectivity index (χ4v) is 2.82. The van der Waals surface area contributed by atoms with E-state index in [-0.39, 0.29) is 11.2 Å². The smallest absolute Gasteiger partial charge is 0.240 e. The van der Waals surface area contributed by atoms with Gasteiger partial charge in [-0.15, -0.1) is 11.8 Å². The van der Waals surface area contributed by atoms with Crippen LogP contribution in [0, 0.1) is 0 Å². The lowest BCUT2D eigenvalue weighted by atomic mass is 10.3. The van der Waals surface area contributed by atoms with Crippen LogP contribution >= 0.6 is 11.8 Å². The molecule has 3 heteroatoms. The van der Waals surface area contributed by atoms with Crippen molar-refractivity contribution in [3.63, 3.8) is 0 Å². The largest absolute Gasteiger partial charge is 0.311 e. The van der Waals surface area contributed by atoms with E-state index in [0.717, 1.165) is 24.4 Å². The van der Waals surface area contributed by atoms with Crippen LogP contribution in [0.25, 0.3) is 0 Å². The Kier molecular flexibility index (Phi) is 3.31. The van der Waals surface area contributed by atoms with Gasteiger partial charge in [0.1, 0.15) is 0 Å². The van der Waals surface area contributed by atoms with Gasteiger partial charge in [0.05, 0.1) is 5.25 Å². The highest BCUT2D eigenvalue weighted by Crippen LogP contribution is 2.27. The van der Waals surface area contributed by atoms with Crippen LogP contribution in [0.4, 0.5) is 5.69 Å². The molecular weight excluding hydrogens is 206 g/mol. The van der Waals surface area contributed by atoms with Gasteiger partial charge in [0.2, 0.25) is 5.91 Å². The number of benzene rings is 1. The molecule has 2 rings (SSSR count). The van der Waals surface area contributed by atoms with Gasteiger partial charge in [-0.1, -0.05) is 25.1 Å². The molecule has 1 aliphatic heterocycles. The summed E-state index contributed by atoms with van der Waals surface area (Å²) in [7, 11) is 0. The second kappa shape index (κ2) is 4.71. The van der Waals surface area contributed by atoms with Crippen molar-refractivity contribution in [1.82, 2.24) is 0 Å². The summed E-state index contributed by atoms with van der Waals surface area (Å²) in [5.74, 6) is 1.28. The number of para-hydroxylation sites is 1. The number of nitrogens with zero attached hydrogens (tertiary/aromatic N) is 1. The first kappa shape index (κ1) is 10.6. The van der Waals surface area contributed by atoms with Crippen LogP contribution in [-0.4, -0.2) is 23.5 Å². The zero-order chi connectivity index (χ0) is 10.7. The number of carbonyl (C=O) groups is 1. The molecule has 0 aromatic heterocycles. The molecule has 0 bridgehead atoms. The maximum Gasteiger partial charge on any atom is 0.240 e. The van der Waals surface area contributed by atoms with E-state index < -0.39 is 0 Å². The fourth-order valence-electron chi connectivity index (χ4n) is 1.87. The van der Waals surface area contributed by atoms with Crippen LogP contribution in [0.3, 0.4) is 0 Å². The lowest BCUT2D eigenvalue weighted by Crippen LogP contribution is -2.27. The number of anilines is 1. The van der Waals surface area contributed by atoms with E-state index in [1.807, 2.05) is 35.2 Å². The van der Waals surface area contributed by atoms with E-state index in [9.17, 15) is 4.79 Å². The first-order valence-electron chi connectivity index (χ1n) is 5.31. The van der Waals surface area contributed by atoms with Crippen molar-refractivity contribution in [2.75, 3.05) is 17.2 Å². The molecule has 1 aliphatic rings. The van der Waals surface area contributed by atoms with Crippen molar-refractivity contribution in [3.05, 3.63) is 30.3 Å². The van der Waals surface area contributed by atoms with Gasteiger partial charge in [0, 0.05) is 12.2 Å². The van der Waals surface area contributed by atoms with Gasteiger partial charge >= 0.3 is 0 Å². The zero-order valence-corrected chi connectivity index (χ0v) is 9.67.